The van der Waals surface area contributed by atoms with Gasteiger partial charge in [-0.05, 0) is 42.8 Å². The van der Waals surface area contributed by atoms with Gasteiger partial charge in [0.25, 0.3) is 5.91 Å². The van der Waals surface area contributed by atoms with Crippen LogP contribution in [0.15, 0.2) is 36.4 Å². The van der Waals surface area contributed by atoms with E-state index in [4.69, 9.17) is 20.9 Å². The van der Waals surface area contributed by atoms with Gasteiger partial charge in [0.05, 0.1) is 6.61 Å². The van der Waals surface area contributed by atoms with E-state index in [-0.39, 0.29) is 12.5 Å². The van der Waals surface area contributed by atoms with Crippen LogP contribution in [0.2, 0.25) is 0 Å². The van der Waals surface area contributed by atoms with E-state index in [1.165, 1.54) is 0 Å². The Hall–Kier alpha value is -2.96. The summed E-state index contributed by atoms with van der Waals surface area (Å²) >= 11 is 0. The molecule has 7 nitrogen and oxygen atoms in total. The highest BCUT2D eigenvalue weighted by atomic mass is 16.5. The highest BCUT2D eigenvalue weighted by molar-refractivity contribution is 5.96. The first-order chi connectivity index (χ1) is 11.1. The molecule has 1 aromatic heterocycles. The molecule has 0 fully saturated rings. The van der Waals surface area contributed by atoms with Crippen molar-refractivity contribution in [2.75, 3.05) is 36.1 Å². The molecular weight excluding hydrogens is 296 g/mol. The lowest BCUT2D eigenvalue weighted by Gasteiger charge is -2.28. The van der Waals surface area contributed by atoms with E-state index in [1.54, 1.807) is 29.2 Å². The molecular formula is C16H18N4O3. The topological polar surface area (TPSA) is 104 Å². The molecule has 3 rings (SSSR count). The van der Waals surface area contributed by atoms with E-state index in [1.807, 2.05) is 12.1 Å². The van der Waals surface area contributed by atoms with Crippen molar-refractivity contribution in [1.82, 2.24) is 4.98 Å². The molecule has 0 radical (unpaired) electrons. The van der Waals surface area contributed by atoms with Gasteiger partial charge in [0, 0.05) is 12.2 Å². The first-order valence-electron chi connectivity index (χ1n) is 7.31. The summed E-state index contributed by atoms with van der Waals surface area (Å²) in [5.41, 5.74) is 12.0. The summed E-state index contributed by atoms with van der Waals surface area (Å²) in [6.07, 6.45) is 0.659. The standard InChI is InChI=1S/C16H18N4O3/c17-11-2-4-12(5-3-11)22-9-1-8-20-15(21)10-23-13-6-7-14(18)19-16(13)20/h2-7H,1,8-10,17H2,(H2,18,19). The smallest absolute Gasteiger partial charge is 0.266 e. The predicted molar refractivity (Wildman–Crippen MR) is 87.5 cm³/mol. The minimum Gasteiger partial charge on any atom is -0.494 e. The molecule has 4 N–H and O–H groups in total. The number of hydrogen-bond donors (Lipinski definition) is 2. The van der Waals surface area contributed by atoms with Crippen LogP contribution in [0.1, 0.15) is 6.42 Å². The molecule has 0 saturated carbocycles. The van der Waals surface area contributed by atoms with Crippen molar-refractivity contribution in [2.45, 2.75) is 6.42 Å². The first-order valence-corrected chi connectivity index (χ1v) is 7.31. The van der Waals surface area contributed by atoms with Crippen LogP contribution < -0.4 is 25.8 Å². The number of anilines is 3. The van der Waals surface area contributed by atoms with Gasteiger partial charge in [-0.2, -0.15) is 0 Å². The van der Waals surface area contributed by atoms with E-state index >= 15 is 0 Å². The molecule has 1 aromatic carbocycles. The van der Waals surface area contributed by atoms with E-state index in [2.05, 4.69) is 4.98 Å². The average Bonchev–Trinajstić information content (AvgIpc) is 2.55. The second-order valence-electron chi connectivity index (χ2n) is 5.16. The van der Waals surface area contributed by atoms with Crippen LogP contribution in [0.25, 0.3) is 0 Å². The Balaban J connectivity index is 1.58. The van der Waals surface area contributed by atoms with Crippen LogP contribution in [-0.2, 0) is 4.79 Å². The zero-order valence-corrected chi connectivity index (χ0v) is 12.6. The molecule has 0 saturated heterocycles. The van der Waals surface area contributed by atoms with Crippen molar-refractivity contribution < 1.29 is 14.3 Å². The lowest BCUT2D eigenvalue weighted by Crippen LogP contribution is -2.40. The summed E-state index contributed by atoms with van der Waals surface area (Å²) in [6, 6.07) is 10.6. The normalized spacial score (nSPS) is 13.4. The fourth-order valence-corrected chi connectivity index (χ4v) is 2.30. The zero-order chi connectivity index (χ0) is 16.2. The minimum absolute atomic E-state index is 0.0113. The Kier molecular flexibility index (Phi) is 4.18. The summed E-state index contributed by atoms with van der Waals surface area (Å²) in [5, 5.41) is 0. The quantitative estimate of drug-likeness (QED) is 0.639. The second-order valence-corrected chi connectivity index (χ2v) is 5.16. The van der Waals surface area contributed by atoms with E-state index in [0.717, 1.165) is 5.75 Å². The molecule has 1 aliphatic rings. The van der Waals surface area contributed by atoms with Gasteiger partial charge in [-0.15, -0.1) is 0 Å². The number of amides is 1. The van der Waals surface area contributed by atoms with Gasteiger partial charge >= 0.3 is 0 Å². The maximum atomic E-state index is 12.0. The molecule has 0 unspecified atom stereocenters. The largest absolute Gasteiger partial charge is 0.494 e. The van der Waals surface area contributed by atoms with Crippen molar-refractivity contribution in [3.63, 3.8) is 0 Å². The molecule has 23 heavy (non-hydrogen) atoms. The number of nitrogens with two attached hydrogens (primary N) is 2. The molecule has 1 amide bonds. The van der Waals surface area contributed by atoms with Crippen LogP contribution in [0.3, 0.4) is 0 Å². The van der Waals surface area contributed by atoms with Crippen LogP contribution in [0, 0.1) is 0 Å². The molecule has 0 atom stereocenters. The van der Waals surface area contributed by atoms with Gasteiger partial charge in [0.15, 0.2) is 18.2 Å². The van der Waals surface area contributed by atoms with Crippen LogP contribution in [0.4, 0.5) is 17.3 Å². The number of rotatable bonds is 5. The number of ether oxygens (including phenoxy) is 2. The van der Waals surface area contributed by atoms with Gasteiger partial charge in [0.2, 0.25) is 0 Å². The van der Waals surface area contributed by atoms with Crippen molar-refractivity contribution in [2.24, 2.45) is 0 Å². The lowest BCUT2D eigenvalue weighted by atomic mass is 10.3. The third-order valence-corrected chi connectivity index (χ3v) is 3.44. The van der Waals surface area contributed by atoms with Gasteiger partial charge in [0.1, 0.15) is 11.6 Å². The van der Waals surface area contributed by atoms with Crippen LogP contribution in [-0.4, -0.2) is 30.6 Å². The van der Waals surface area contributed by atoms with Gasteiger partial charge < -0.3 is 20.9 Å². The second kappa shape index (κ2) is 6.43. The molecule has 7 heteroatoms. The summed E-state index contributed by atoms with van der Waals surface area (Å²) in [5.74, 6) is 2.00. The highest BCUT2D eigenvalue weighted by Crippen LogP contribution is 2.30. The van der Waals surface area contributed by atoms with Crippen molar-refractivity contribution in [1.29, 1.82) is 0 Å². The monoisotopic (exact) mass is 314 g/mol. The Morgan fingerprint density at radius 3 is 2.74 bits per heavy atom. The number of aromatic nitrogens is 1. The fraction of sp³-hybridized carbons (Fsp3) is 0.250. The van der Waals surface area contributed by atoms with Crippen LogP contribution >= 0.6 is 0 Å². The number of benzene rings is 1. The maximum Gasteiger partial charge on any atom is 0.266 e. The van der Waals surface area contributed by atoms with Crippen molar-refractivity contribution >= 4 is 23.2 Å². The number of carbonyl (C=O) groups excluding carboxylic acids is 1. The average molecular weight is 314 g/mol. The van der Waals surface area contributed by atoms with Gasteiger partial charge in [-0.25, -0.2) is 4.98 Å². The summed E-state index contributed by atoms with van der Waals surface area (Å²) in [4.78, 5) is 17.8. The molecule has 2 aromatic rings. The number of nitrogen functional groups attached to an aromatic ring is 2. The predicted octanol–water partition coefficient (Wildman–Crippen LogP) is 1.44. The molecule has 2 heterocycles. The Morgan fingerprint density at radius 2 is 1.96 bits per heavy atom. The summed E-state index contributed by atoms with van der Waals surface area (Å²) in [7, 11) is 0. The number of nitrogens with zero attached hydrogens (tertiary/aromatic N) is 2. The van der Waals surface area contributed by atoms with E-state index in [9.17, 15) is 4.79 Å². The lowest BCUT2D eigenvalue weighted by molar-refractivity contribution is -0.121. The third kappa shape index (κ3) is 3.45. The van der Waals surface area contributed by atoms with Crippen molar-refractivity contribution in [3.8, 4) is 11.5 Å². The van der Waals surface area contributed by atoms with Gasteiger partial charge in [-0.1, -0.05) is 0 Å². The molecule has 0 spiro atoms. The van der Waals surface area contributed by atoms with Crippen LogP contribution in [0.5, 0.6) is 11.5 Å². The van der Waals surface area contributed by atoms with E-state index in [0.29, 0.717) is 42.6 Å². The third-order valence-electron chi connectivity index (χ3n) is 3.44. The number of carbonyl (C=O) groups is 1. The highest BCUT2D eigenvalue weighted by Gasteiger charge is 2.26. The SMILES string of the molecule is Nc1ccc(OCCCN2C(=O)COc3ccc(N)nc32)cc1. The molecule has 120 valence electrons. The number of hydrogen-bond acceptors (Lipinski definition) is 6. The number of fused-ring (bicyclic) bond motifs is 1. The maximum absolute atomic E-state index is 12.0. The molecule has 0 bridgehead atoms. The fourth-order valence-electron chi connectivity index (χ4n) is 2.30. The Labute approximate surface area is 133 Å². The number of pyridine rings is 1. The van der Waals surface area contributed by atoms with E-state index < -0.39 is 0 Å². The first kappa shape index (κ1) is 15.0. The molecule has 1 aliphatic heterocycles. The summed E-state index contributed by atoms with van der Waals surface area (Å²) in [6.45, 7) is 0.976. The molecule has 0 aliphatic carbocycles. The van der Waals surface area contributed by atoms with Crippen molar-refractivity contribution in [3.05, 3.63) is 36.4 Å². The van der Waals surface area contributed by atoms with Gasteiger partial charge in [-0.3, -0.25) is 9.69 Å². The Morgan fingerprint density at radius 1 is 1.17 bits per heavy atom. The minimum atomic E-state index is -0.136. The zero-order valence-electron chi connectivity index (χ0n) is 12.6. The Bertz CT molecular complexity index is 703. The summed E-state index contributed by atoms with van der Waals surface area (Å²) < 4.78 is 11.0.